The zero-order valence-corrected chi connectivity index (χ0v) is 22.1. The number of nitrogens with one attached hydrogen (secondary N) is 5. The van der Waals surface area contributed by atoms with Crippen LogP contribution in [0.15, 0.2) is 30.7 Å². The zero-order chi connectivity index (χ0) is 28.1. The number of aromatic nitrogens is 4. The predicted octanol–water partition coefficient (Wildman–Crippen LogP) is 2.68. The average molecular weight is 554 g/mol. The summed E-state index contributed by atoms with van der Waals surface area (Å²) in [5.74, 6) is -1.10. The summed E-state index contributed by atoms with van der Waals surface area (Å²) < 4.78 is 20.3. The lowest BCUT2D eigenvalue weighted by Crippen LogP contribution is -2.46. The molecule has 0 saturated heterocycles. The van der Waals surface area contributed by atoms with E-state index in [4.69, 9.17) is 4.74 Å². The van der Waals surface area contributed by atoms with Crippen molar-refractivity contribution in [3.8, 4) is 0 Å². The summed E-state index contributed by atoms with van der Waals surface area (Å²) in [7, 11) is 0. The van der Waals surface area contributed by atoms with E-state index in [1.54, 1.807) is 6.92 Å². The van der Waals surface area contributed by atoms with Gasteiger partial charge in [-0.25, -0.2) is 18.7 Å². The molecule has 0 aliphatic heterocycles. The number of pyridine rings is 1. The highest BCUT2D eigenvalue weighted by molar-refractivity contribution is 6.03. The summed E-state index contributed by atoms with van der Waals surface area (Å²) in [6, 6.07) is 3.30. The molecule has 13 nitrogen and oxygen atoms in total. The fourth-order valence-corrected chi connectivity index (χ4v) is 4.60. The van der Waals surface area contributed by atoms with Gasteiger partial charge in [0, 0.05) is 30.4 Å². The van der Waals surface area contributed by atoms with Crippen molar-refractivity contribution in [3.05, 3.63) is 42.2 Å². The highest BCUT2D eigenvalue weighted by Crippen LogP contribution is 2.30. The van der Waals surface area contributed by atoms with Gasteiger partial charge in [0.1, 0.15) is 12.4 Å². The lowest BCUT2D eigenvalue weighted by Gasteiger charge is -2.30. The largest absolute Gasteiger partial charge is 0.465 e. The number of nitrogens with zero attached hydrogens (tertiary/aromatic N) is 4. The van der Waals surface area contributed by atoms with Crippen molar-refractivity contribution in [1.82, 2.24) is 30.2 Å². The first-order chi connectivity index (χ1) is 19.4. The summed E-state index contributed by atoms with van der Waals surface area (Å²) >= 11 is 0. The van der Waals surface area contributed by atoms with Gasteiger partial charge >= 0.3 is 12.0 Å². The Morgan fingerprint density at radius 1 is 1.02 bits per heavy atom. The van der Waals surface area contributed by atoms with Crippen LogP contribution in [0, 0.1) is 5.82 Å². The molecule has 2 aliphatic rings. The number of hydrogen-bond acceptors (Lipinski definition) is 9. The Hall–Kier alpha value is -4.49. The second-order valence-electron chi connectivity index (χ2n) is 9.88. The van der Waals surface area contributed by atoms with Crippen molar-refractivity contribution >= 4 is 40.7 Å². The van der Waals surface area contributed by atoms with E-state index in [1.807, 2.05) is 6.07 Å². The highest BCUT2D eigenvalue weighted by atomic mass is 19.1. The molecule has 0 radical (unpaired) electrons. The van der Waals surface area contributed by atoms with Gasteiger partial charge in [0.15, 0.2) is 17.2 Å². The lowest BCUT2D eigenvalue weighted by molar-refractivity contribution is -0.141. The van der Waals surface area contributed by atoms with Crippen molar-refractivity contribution in [2.75, 3.05) is 29.1 Å². The number of imidazole rings is 1. The number of carbonyl (C=O) groups excluding carboxylic acids is 3. The van der Waals surface area contributed by atoms with Crippen molar-refractivity contribution < 1.29 is 23.5 Å². The van der Waals surface area contributed by atoms with Crippen LogP contribution in [-0.4, -0.2) is 68.8 Å². The Balaban J connectivity index is 1.24. The van der Waals surface area contributed by atoms with Gasteiger partial charge in [0.05, 0.1) is 30.4 Å². The van der Waals surface area contributed by atoms with E-state index in [0.29, 0.717) is 17.5 Å². The van der Waals surface area contributed by atoms with Crippen LogP contribution in [0.2, 0.25) is 0 Å². The van der Waals surface area contributed by atoms with Gasteiger partial charge in [-0.05, 0) is 51.5 Å². The Morgan fingerprint density at radius 2 is 1.75 bits per heavy atom. The molecule has 0 atom stereocenters. The topological polar surface area (TPSA) is 164 Å². The lowest BCUT2D eigenvalue weighted by atomic mass is 9.91. The van der Waals surface area contributed by atoms with Crippen LogP contribution < -0.4 is 26.6 Å². The Morgan fingerprint density at radius 3 is 2.48 bits per heavy atom. The molecule has 3 aromatic heterocycles. The average Bonchev–Trinajstić information content (AvgIpc) is 3.65. The molecule has 3 aromatic rings. The van der Waals surface area contributed by atoms with Crippen molar-refractivity contribution in [2.24, 2.45) is 0 Å². The molecule has 40 heavy (non-hydrogen) atoms. The van der Waals surface area contributed by atoms with Crippen LogP contribution in [0.5, 0.6) is 0 Å². The molecule has 0 aromatic carbocycles. The van der Waals surface area contributed by atoms with Gasteiger partial charge in [0.25, 0.3) is 5.91 Å². The minimum atomic E-state index is -0.641. The number of amides is 3. The van der Waals surface area contributed by atoms with Gasteiger partial charge in [0.2, 0.25) is 0 Å². The number of rotatable bonds is 10. The van der Waals surface area contributed by atoms with Gasteiger partial charge in [-0.1, -0.05) is 0 Å². The maximum atomic E-state index is 14.1. The molecule has 212 valence electrons. The number of fused-ring (bicyclic) bond motifs is 1. The minimum Gasteiger partial charge on any atom is -0.465 e. The number of ether oxygens (including phenoxy) is 1. The summed E-state index contributed by atoms with van der Waals surface area (Å²) in [6.07, 6.45) is 9.01. The second kappa shape index (κ2) is 12.1. The maximum Gasteiger partial charge on any atom is 0.325 e. The van der Waals surface area contributed by atoms with E-state index < -0.39 is 23.7 Å². The predicted molar refractivity (Wildman–Crippen MR) is 145 cm³/mol. The third-order valence-corrected chi connectivity index (χ3v) is 6.77. The molecule has 5 N–H and O–H groups in total. The van der Waals surface area contributed by atoms with Crippen LogP contribution in [0.3, 0.4) is 0 Å². The molecule has 2 saturated carbocycles. The van der Waals surface area contributed by atoms with Crippen LogP contribution in [-0.2, 0) is 9.53 Å². The van der Waals surface area contributed by atoms with E-state index in [0.717, 1.165) is 50.4 Å². The third-order valence-electron chi connectivity index (χ3n) is 6.77. The molecular weight excluding hydrogens is 521 g/mol. The van der Waals surface area contributed by atoms with Crippen molar-refractivity contribution in [3.63, 3.8) is 0 Å². The number of anilines is 3. The molecule has 5 rings (SSSR count). The van der Waals surface area contributed by atoms with Crippen LogP contribution in [0.4, 0.5) is 26.4 Å². The highest BCUT2D eigenvalue weighted by Gasteiger charge is 2.26. The van der Waals surface area contributed by atoms with Crippen molar-refractivity contribution in [2.45, 2.75) is 63.6 Å². The van der Waals surface area contributed by atoms with E-state index in [9.17, 15) is 18.8 Å². The number of hydrogen-bond donors (Lipinski definition) is 5. The van der Waals surface area contributed by atoms with E-state index in [2.05, 4.69) is 41.7 Å². The summed E-state index contributed by atoms with van der Waals surface area (Å²) in [4.78, 5) is 44.7. The first kappa shape index (κ1) is 27.1. The molecule has 0 bridgehead atoms. The van der Waals surface area contributed by atoms with E-state index >= 15 is 0 Å². The smallest absolute Gasteiger partial charge is 0.325 e. The Kier molecular flexibility index (Phi) is 8.22. The molecule has 3 heterocycles. The van der Waals surface area contributed by atoms with Crippen molar-refractivity contribution in [1.29, 1.82) is 0 Å². The number of halogens is 1. The first-order valence-electron chi connectivity index (χ1n) is 13.4. The zero-order valence-electron chi connectivity index (χ0n) is 22.1. The van der Waals surface area contributed by atoms with Crippen LogP contribution in [0.1, 0.15) is 55.9 Å². The monoisotopic (exact) mass is 553 g/mol. The molecule has 2 aliphatic carbocycles. The quantitative estimate of drug-likeness (QED) is 0.238. The Labute approximate surface area is 229 Å². The SMILES string of the molecule is CCOC(=O)CNC(=O)N[C@H]1CC[C@H](Nc2cc(NC3CC3)c3ncc(C(=O)Nc4ccncc4F)n3n2)CC1. The molecular formula is C26H32FN9O4. The normalized spacial score (nSPS) is 18.6. The van der Waals surface area contributed by atoms with Crippen LogP contribution in [0.25, 0.3) is 5.65 Å². The molecule has 0 spiro atoms. The summed E-state index contributed by atoms with van der Waals surface area (Å²) in [5, 5.41) is 19.5. The number of urea groups is 1. The second-order valence-corrected chi connectivity index (χ2v) is 9.88. The fourth-order valence-electron chi connectivity index (χ4n) is 4.60. The van der Waals surface area contributed by atoms with Gasteiger partial charge < -0.3 is 31.3 Å². The molecule has 3 amide bonds. The first-order valence-corrected chi connectivity index (χ1v) is 13.4. The van der Waals surface area contributed by atoms with E-state index in [-0.39, 0.29) is 36.6 Å². The fraction of sp³-hybridized carbons (Fsp3) is 0.462. The summed E-state index contributed by atoms with van der Waals surface area (Å²) in [5.41, 5.74) is 1.43. The Bertz CT molecular complexity index is 1390. The summed E-state index contributed by atoms with van der Waals surface area (Å²) in [6.45, 7) is 1.80. The maximum absolute atomic E-state index is 14.1. The number of carbonyl (C=O) groups is 3. The third kappa shape index (κ3) is 6.74. The number of esters is 1. The molecule has 0 unspecified atom stereocenters. The van der Waals surface area contributed by atoms with Gasteiger partial charge in [-0.15, -0.1) is 5.10 Å². The molecule has 14 heteroatoms. The minimum absolute atomic E-state index is 0.0136. The molecule has 2 fully saturated rings. The van der Waals surface area contributed by atoms with E-state index in [1.165, 1.54) is 23.0 Å². The van der Waals surface area contributed by atoms with Crippen LogP contribution >= 0.6 is 0 Å². The standard InChI is InChI=1S/C26H32FN9O4/c1-2-40-23(37)14-30-26(39)33-17-7-5-16(6-8-17)32-22-11-20(31-15-3-4-15)24-29-13-21(36(24)35-22)25(38)34-19-9-10-28-12-18(19)27/h9-13,15-17,31H,2-8,14H2,1H3,(H,32,35)(H,28,34,38)(H2,30,33,39)/t16-,17-. The van der Waals surface area contributed by atoms with Gasteiger partial charge in [-0.2, -0.15) is 0 Å². The van der Waals surface area contributed by atoms with Gasteiger partial charge in [-0.3, -0.25) is 14.6 Å².